The molecule has 3 saturated heterocycles. The molecule has 0 aliphatic carbocycles. The molecule has 0 aromatic heterocycles. The van der Waals surface area contributed by atoms with Crippen LogP contribution in [0, 0.1) is 0 Å². The van der Waals surface area contributed by atoms with E-state index in [0.29, 0.717) is 0 Å². The van der Waals surface area contributed by atoms with Gasteiger partial charge in [-0.1, -0.05) is 0 Å². The van der Waals surface area contributed by atoms with E-state index in [1.165, 1.54) is 6.92 Å². The summed E-state index contributed by atoms with van der Waals surface area (Å²) in [6.45, 7) is -0.552. The third-order valence-corrected chi connectivity index (χ3v) is 9.24. The first kappa shape index (κ1) is 46.5. The predicted molar refractivity (Wildman–Crippen MR) is 168 cm³/mol. The van der Waals surface area contributed by atoms with Crippen molar-refractivity contribution in [2.24, 2.45) is 0 Å². The highest BCUT2D eigenvalue weighted by Crippen LogP contribution is 2.31. The molecule has 316 valence electrons. The number of nitrogens with one attached hydrogen (secondary N) is 2. The zero-order valence-electron chi connectivity index (χ0n) is 29.1. The van der Waals surface area contributed by atoms with E-state index in [1.807, 2.05) is 0 Å². The standard InChI is InChI=1S/C28H50N2O23S/c1-8-16(36)20(40)22(42)27(49-8)53-25-13(5-32)50-28(23(43)21(25)41)52-24(11(4-31)29-9(2)33)17(37)12(35)6-47-26-15(30-10(3)34)19(39)18(38)14(51-26)7-48-54(44,45)46/h8,11-28,31-32,35-43H,4-7H2,1-3H3,(H,29,33)(H,30,34)(H,44,45,46)/t8-,11?,12?,13?,14?,15?,16+,17?,18?,19?,20+,21?,22-,23?,24?,25?,26?,27+,28?/m1/s1. The average Bonchev–Trinajstić information content (AvgIpc) is 3.10. The van der Waals surface area contributed by atoms with Gasteiger partial charge in [-0.2, -0.15) is 8.42 Å². The van der Waals surface area contributed by atoms with Gasteiger partial charge in [0.15, 0.2) is 18.9 Å². The minimum absolute atomic E-state index is 0.762. The van der Waals surface area contributed by atoms with Gasteiger partial charge in [0.2, 0.25) is 11.8 Å². The van der Waals surface area contributed by atoms with Crippen LogP contribution in [0.15, 0.2) is 0 Å². The van der Waals surface area contributed by atoms with Crippen LogP contribution in [0.2, 0.25) is 0 Å². The molecule has 3 rings (SSSR count). The smallest absolute Gasteiger partial charge is 0.394 e. The van der Waals surface area contributed by atoms with E-state index in [0.717, 1.165) is 13.8 Å². The maximum absolute atomic E-state index is 12.0. The molecule has 0 aromatic rings. The summed E-state index contributed by atoms with van der Waals surface area (Å²) < 4.78 is 68.2. The second-order valence-electron chi connectivity index (χ2n) is 12.9. The molecule has 3 aliphatic heterocycles. The van der Waals surface area contributed by atoms with Crippen LogP contribution >= 0.6 is 0 Å². The Morgan fingerprint density at radius 1 is 0.778 bits per heavy atom. The van der Waals surface area contributed by atoms with Gasteiger partial charge in [-0.05, 0) is 6.92 Å². The molecular weight excluding hydrogens is 764 g/mol. The molecule has 26 heteroatoms. The van der Waals surface area contributed by atoms with Gasteiger partial charge in [0.25, 0.3) is 0 Å². The van der Waals surface area contributed by atoms with Crippen LogP contribution in [0.25, 0.3) is 0 Å². The molecule has 0 radical (unpaired) electrons. The number of carbonyl (C=O) groups is 2. The summed E-state index contributed by atoms with van der Waals surface area (Å²) in [6.07, 6.45) is -30.8. The molecule has 2 amide bonds. The third-order valence-electron chi connectivity index (χ3n) is 8.81. The monoisotopic (exact) mass is 814 g/mol. The molecular formula is C28H50N2O23S. The number of amides is 2. The number of rotatable bonds is 17. The highest BCUT2D eigenvalue weighted by atomic mass is 32.3. The number of aliphatic hydroxyl groups is 11. The Morgan fingerprint density at radius 3 is 1.94 bits per heavy atom. The van der Waals surface area contributed by atoms with Crippen molar-refractivity contribution in [1.29, 1.82) is 0 Å². The van der Waals surface area contributed by atoms with Crippen LogP contribution in [0.3, 0.4) is 0 Å². The van der Waals surface area contributed by atoms with Crippen molar-refractivity contribution in [2.75, 3.05) is 26.4 Å². The van der Waals surface area contributed by atoms with E-state index < -0.39 is 165 Å². The van der Waals surface area contributed by atoms with Crippen molar-refractivity contribution in [1.82, 2.24) is 10.6 Å². The molecule has 0 bridgehead atoms. The Labute approximate surface area is 307 Å². The summed E-state index contributed by atoms with van der Waals surface area (Å²) in [4.78, 5) is 23.8. The summed E-state index contributed by atoms with van der Waals surface area (Å²) in [6, 6.07) is -3.16. The summed E-state index contributed by atoms with van der Waals surface area (Å²) in [5.74, 6) is -1.54. The molecule has 14 unspecified atom stereocenters. The molecule has 14 N–H and O–H groups in total. The Bertz CT molecular complexity index is 1310. The number of hydrogen-bond acceptors (Lipinski definition) is 22. The molecule has 0 aromatic carbocycles. The molecule has 0 saturated carbocycles. The van der Waals surface area contributed by atoms with Gasteiger partial charge in [-0.15, -0.1) is 0 Å². The lowest BCUT2D eigenvalue weighted by Crippen LogP contribution is -2.66. The van der Waals surface area contributed by atoms with Crippen molar-refractivity contribution in [3.05, 3.63) is 0 Å². The maximum Gasteiger partial charge on any atom is 0.397 e. The molecule has 25 nitrogen and oxygen atoms in total. The topological polar surface area (TPSA) is 400 Å². The van der Waals surface area contributed by atoms with Crippen molar-refractivity contribution in [3.8, 4) is 0 Å². The molecule has 19 atom stereocenters. The SMILES string of the molecule is CC(=O)NC(CO)C(OC1OC(CO)C(O[C@@H]2O[C@H](C)[C@H](O)[C@H](O)[C@H]2O)C(O)C1O)C(O)C(O)COC1OC(COS(=O)(=O)O)C(O)C(O)C1NC(C)=O. The third kappa shape index (κ3) is 11.8. The lowest BCUT2D eigenvalue weighted by atomic mass is 9.96. The Kier molecular flexibility index (Phi) is 17.2. The van der Waals surface area contributed by atoms with E-state index in [9.17, 15) is 74.2 Å². The molecule has 0 spiro atoms. The van der Waals surface area contributed by atoms with Gasteiger partial charge >= 0.3 is 10.4 Å². The van der Waals surface area contributed by atoms with Gasteiger partial charge in [0.1, 0.15) is 85.4 Å². The van der Waals surface area contributed by atoms with Gasteiger partial charge in [0, 0.05) is 13.8 Å². The number of ether oxygens (including phenoxy) is 6. The van der Waals surface area contributed by atoms with Crippen LogP contribution in [0.5, 0.6) is 0 Å². The van der Waals surface area contributed by atoms with Gasteiger partial charge < -0.3 is 95.2 Å². The fourth-order valence-electron chi connectivity index (χ4n) is 5.94. The van der Waals surface area contributed by atoms with Crippen molar-refractivity contribution in [3.63, 3.8) is 0 Å². The first-order chi connectivity index (χ1) is 25.1. The summed E-state index contributed by atoms with van der Waals surface area (Å²) in [7, 11) is -5.04. The predicted octanol–water partition coefficient (Wildman–Crippen LogP) is -8.97. The van der Waals surface area contributed by atoms with Crippen LogP contribution in [-0.2, 0) is 52.6 Å². The van der Waals surface area contributed by atoms with Crippen molar-refractivity contribution in [2.45, 2.75) is 137 Å². The summed E-state index contributed by atoms with van der Waals surface area (Å²) in [5, 5.41) is 120. The van der Waals surface area contributed by atoms with E-state index in [4.69, 9.17) is 33.0 Å². The zero-order valence-corrected chi connectivity index (χ0v) is 29.9. The Balaban J connectivity index is 1.80. The second kappa shape index (κ2) is 20.0. The highest BCUT2D eigenvalue weighted by Gasteiger charge is 2.52. The Morgan fingerprint density at radius 2 is 1.39 bits per heavy atom. The number of carbonyl (C=O) groups excluding carboxylic acids is 2. The van der Waals surface area contributed by atoms with E-state index in [1.54, 1.807) is 0 Å². The van der Waals surface area contributed by atoms with Crippen LogP contribution < -0.4 is 10.6 Å². The maximum atomic E-state index is 12.0. The first-order valence-corrected chi connectivity index (χ1v) is 17.9. The lowest BCUT2D eigenvalue weighted by molar-refractivity contribution is -0.364. The minimum atomic E-state index is -5.04. The second-order valence-corrected chi connectivity index (χ2v) is 14.0. The number of hydrogen-bond donors (Lipinski definition) is 14. The zero-order chi connectivity index (χ0) is 40.8. The molecule has 3 aliphatic rings. The van der Waals surface area contributed by atoms with Crippen molar-refractivity contribution < 1.29 is 111 Å². The summed E-state index contributed by atoms with van der Waals surface area (Å²) >= 11 is 0. The average molecular weight is 815 g/mol. The minimum Gasteiger partial charge on any atom is -0.394 e. The van der Waals surface area contributed by atoms with Crippen LogP contribution in [-0.4, -0.2) is 224 Å². The largest absolute Gasteiger partial charge is 0.397 e. The van der Waals surface area contributed by atoms with Crippen LogP contribution in [0.1, 0.15) is 20.8 Å². The summed E-state index contributed by atoms with van der Waals surface area (Å²) in [5.41, 5.74) is 0. The Hall–Kier alpha value is -1.87. The van der Waals surface area contributed by atoms with E-state index in [-0.39, 0.29) is 0 Å². The molecule has 3 fully saturated rings. The van der Waals surface area contributed by atoms with Gasteiger partial charge in [-0.25, -0.2) is 4.18 Å². The van der Waals surface area contributed by atoms with Gasteiger partial charge in [-0.3, -0.25) is 14.1 Å². The first-order valence-electron chi connectivity index (χ1n) is 16.5. The van der Waals surface area contributed by atoms with Gasteiger partial charge in [0.05, 0.1) is 38.6 Å². The fourth-order valence-corrected chi connectivity index (χ4v) is 6.24. The number of aliphatic hydroxyl groups excluding tert-OH is 11. The van der Waals surface area contributed by atoms with E-state index >= 15 is 0 Å². The lowest BCUT2D eigenvalue weighted by Gasteiger charge is -2.47. The highest BCUT2D eigenvalue weighted by molar-refractivity contribution is 7.80. The quantitative estimate of drug-likeness (QED) is 0.0606. The van der Waals surface area contributed by atoms with Crippen LogP contribution in [0.4, 0.5) is 0 Å². The molecule has 3 heterocycles. The normalized spacial score (nSPS) is 39.9. The van der Waals surface area contributed by atoms with Crippen molar-refractivity contribution >= 4 is 22.2 Å². The molecule has 54 heavy (non-hydrogen) atoms. The fraction of sp³-hybridized carbons (Fsp3) is 0.929. The van der Waals surface area contributed by atoms with E-state index in [2.05, 4.69) is 14.8 Å².